The largest absolute Gasteiger partial charge is 0.325 e. The molecule has 0 saturated heterocycles. The number of sulfonamides is 1. The van der Waals surface area contributed by atoms with Gasteiger partial charge in [0, 0.05) is 17.3 Å². The maximum atomic E-state index is 13.3. The highest BCUT2D eigenvalue weighted by atomic mass is 35.5. The second-order valence-electron chi connectivity index (χ2n) is 6.72. The summed E-state index contributed by atoms with van der Waals surface area (Å²) in [6.45, 7) is -0.588. The maximum Gasteiger partial charge on any atom is 0.243 e. The molecule has 0 aromatic heterocycles. The second kappa shape index (κ2) is 10.3. The molecule has 3 aromatic carbocycles. The van der Waals surface area contributed by atoms with Crippen molar-refractivity contribution in [2.24, 2.45) is 0 Å². The van der Waals surface area contributed by atoms with Gasteiger partial charge in [0.25, 0.3) is 0 Å². The summed E-state index contributed by atoms with van der Waals surface area (Å²) in [4.78, 5) is 12.7. The number of carbonyl (C=O) groups is 1. The van der Waals surface area contributed by atoms with E-state index in [0.717, 1.165) is 4.31 Å². The Morgan fingerprint density at radius 1 is 0.969 bits per heavy atom. The lowest BCUT2D eigenvalue weighted by atomic mass is 10.2. The molecule has 0 aliphatic heterocycles. The molecule has 3 rings (SSSR count). The van der Waals surface area contributed by atoms with Crippen LogP contribution in [-0.2, 0) is 21.4 Å². The zero-order valence-electron chi connectivity index (χ0n) is 16.4. The fraction of sp³-hybridized carbons (Fsp3) is 0.0909. The van der Waals surface area contributed by atoms with E-state index in [4.69, 9.17) is 40.1 Å². The first-order valence-corrected chi connectivity index (χ1v) is 11.8. The van der Waals surface area contributed by atoms with E-state index < -0.39 is 22.5 Å². The predicted molar refractivity (Wildman–Crippen MR) is 125 cm³/mol. The SMILES string of the molecule is N#Cc1cccc(NC(=O)CN(Cc2ccc(Cl)c(Cl)c2)S(=O)(=O)c2ccc(Cl)cc2)c1. The molecular weight excluding hydrogens is 493 g/mol. The highest BCUT2D eigenvalue weighted by Crippen LogP contribution is 2.25. The summed E-state index contributed by atoms with van der Waals surface area (Å²) in [7, 11) is -4.05. The van der Waals surface area contributed by atoms with Crippen molar-refractivity contribution in [1.29, 1.82) is 5.26 Å². The summed E-state index contributed by atoms with van der Waals surface area (Å²) in [6, 6.07) is 18.7. The second-order valence-corrected chi connectivity index (χ2v) is 9.91. The predicted octanol–water partition coefficient (Wildman–Crippen LogP) is 5.35. The van der Waals surface area contributed by atoms with Crippen LogP contribution < -0.4 is 5.32 Å². The summed E-state index contributed by atoms with van der Waals surface area (Å²) in [6.07, 6.45) is 0. The van der Waals surface area contributed by atoms with Crippen LogP contribution in [0, 0.1) is 11.3 Å². The topological polar surface area (TPSA) is 90.3 Å². The molecule has 0 bridgehead atoms. The van der Waals surface area contributed by atoms with Crippen LogP contribution in [0.25, 0.3) is 0 Å². The number of anilines is 1. The minimum atomic E-state index is -4.05. The Kier molecular flexibility index (Phi) is 7.77. The van der Waals surface area contributed by atoms with Crippen molar-refractivity contribution in [3.8, 4) is 6.07 Å². The summed E-state index contributed by atoms with van der Waals surface area (Å²) < 4.78 is 27.6. The van der Waals surface area contributed by atoms with Crippen molar-refractivity contribution in [1.82, 2.24) is 4.31 Å². The van der Waals surface area contributed by atoms with Crippen LogP contribution in [0.1, 0.15) is 11.1 Å². The first-order valence-electron chi connectivity index (χ1n) is 9.19. The Labute approximate surface area is 201 Å². The zero-order chi connectivity index (χ0) is 23.3. The summed E-state index contributed by atoms with van der Waals surface area (Å²) in [5.74, 6) is -0.572. The summed E-state index contributed by atoms with van der Waals surface area (Å²) in [5.41, 5.74) is 1.30. The Morgan fingerprint density at radius 3 is 2.34 bits per heavy atom. The molecule has 0 heterocycles. The fourth-order valence-corrected chi connectivity index (χ4v) is 4.68. The van der Waals surface area contributed by atoms with Crippen LogP contribution in [0.5, 0.6) is 0 Å². The maximum absolute atomic E-state index is 13.3. The number of halogens is 3. The van der Waals surface area contributed by atoms with Crippen molar-refractivity contribution < 1.29 is 13.2 Å². The number of carbonyl (C=O) groups excluding carboxylic acids is 1. The molecule has 0 aliphatic carbocycles. The number of amides is 1. The summed E-state index contributed by atoms with van der Waals surface area (Å²) >= 11 is 17.9. The number of benzene rings is 3. The van der Waals surface area contributed by atoms with Crippen molar-refractivity contribution in [2.45, 2.75) is 11.4 Å². The molecular formula is C22H16Cl3N3O3S. The van der Waals surface area contributed by atoms with Gasteiger partial charge in [-0.05, 0) is 60.2 Å². The van der Waals surface area contributed by atoms with Gasteiger partial charge >= 0.3 is 0 Å². The van der Waals surface area contributed by atoms with Crippen molar-refractivity contribution >= 4 is 56.4 Å². The van der Waals surface area contributed by atoms with E-state index in [1.54, 1.807) is 36.4 Å². The number of nitrogens with zero attached hydrogens (tertiary/aromatic N) is 2. The highest BCUT2D eigenvalue weighted by molar-refractivity contribution is 7.89. The molecule has 1 amide bonds. The zero-order valence-corrected chi connectivity index (χ0v) is 19.5. The molecule has 0 saturated carbocycles. The number of rotatable bonds is 7. The van der Waals surface area contributed by atoms with Gasteiger partial charge in [-0.3, -0.25) is 4.79 Å². The van der Waals surface area contributed by atoms with Crippen LogP contribution in [-0.4, -0.2) is 25.2 Å². The van der Waals surface area contributed by atoms with Gasteiger partial charge in [-0.1, -0.05) is 46.9 Å². The lowest BCUT2D eigenvalue weighted by Crippen LogP contribution is -2.37. The minimum absolute atomic E-state index is 0.0127. The molecule has 6 nitrogen and oxygen atoms in total. The average Bonchev–Trinajstić information content (AvgIpc) is 2.76. The number of nitriles is 1. The van der Waals surface area contributed by atoms with Crippen LogP contribution in [0.15, 0.2) is 71.6 Å². The van der Waals surface area contributed by atoms with E-state index in [1.165, 1.54) is 30.3 Å². The third-order valence-corrected chi connectivity index (χ3v) is 7.19. The van der Waals surface area contributed by atoms with Crippen molar-refractivity contribution in [3.63, 3.8) is 0 Å². The monoisotopic (exact) mass is 507 g/mol. The molecule has 0 fully saturated rings. The van der Waals surface area contributed by atoms with Gasteiger partial charge in [0.2, 0.25) is 15.9 Å². The van der Waals surface area contributed by atoms with E-state index in [-0.39, 0.29) is 16.5 Å². The highest BCUT2D eigenvalue weighted by Gasteiger charge is 2.27. The van der Waals surface area contributed by atoms with Crippen molar-refractivity contribution in [2.75, 3.05) is 11.9 Å². The number of hydrogen-bond acceptors (Lipinski definition) is 4. The van der Waals surface area contributed by atoms with Crippen LogP contribution in [0.2, 0.25) is 15.1 Å². The number of hydrogen-bond donors (Lipinski definition) is 1. The molecule has 10 heteroatoms. The normalized spacial score (nSPS) is 11.2. The van der Waals surface area contributed by atoms with Gasteiger partial charge in [0.15, 0.2) is 0 Å². The van der Waals surface area contributed by atoms with Crippen LogP contribution in [0.3, 0.4) is 0 Å². The molecule has 0 radical (unpaired) electrons. The van der Waals surface area contributed by atoms with Gasteiger partial charge in [-0.15, -0.1) is 0 Å². The standard InChI is InChI=1S/C22H16Cl3N3O3S/c23-17-5-7-19(8-6-17)32(30,31)28(13-16-4-9-20(24)21(25)11-16)14-22(29)27-18-3-1-2-15(10-18)12-26/h1-11H,13-14H2,(H,27,29). The van der Waals surface area contributed by atoms with E-state index in [2.05, 4.69) is 5.32 Å². The van der Waals surface area contributed by atoms with Gasteiger partial charge in [-0.2, -0.15) is 9.57 Å². The first kappa shape index (κ1) is 24.1. The molecule has 0 unspecified atom stereocenters. The smallest absolute Gasteiger partial charge is 0.243 e. The summed E-state index contributed by atoms with van der Waals surface area (Å²) in [5, 5.41) is 12.6. The Morgan fingerprint density at radius 2 is 1.69 bits per heavy atom. The minimum Gasteiger partial charge on any atom is -0.325 e. The van der Waals surface area contributed by atoms with Crippen LogP contribution in [0.4, 0.5) is 5.69 Å². The lowest BCUT2D eigenvalue weighted by molar-refractivity contribution is -0.116. The van der Waals surface area contributed by atoms with E-state index in [9.17, 15) is 13.2 Å². The third-order valence-electron chi connectivity index (χ3n) is 4.39. The van der Waals surface area contributed by atoms with Gasteiger partial charge in [0.05, 0.1) is 33.1 Å². The van der Waals surface area contributed by atoms with Crippen molar-refractivity contribution in [3.05, 3.63) is 92.9 Å². The Balaban J connectivity index is 1.90. The molecule has 32 heavy (non-hydrogen) atoms. The van der Waals surface area contributed by atoms with Gasteiger partial charge < -0.3 is 5.32 Å². The molecule has 0 spiro atoms. The van der Waals surface area contributed by atoms with Gasteiger partial charge in [0.1, 0.15) is 0 Å². The molecule has 1 N–H and O–H groups in total. The van der Waals surface area contributed by atoms with E-state index in [0.29, 0.717) is 26.9 Å². The quantitative estimate of drug-likeness (QED) is 0.466. The fourth-order valence-electron chi connectivity index (χ4n) is 2.85. The molecule has 164 valence electrons. The third kappa shape index (κ3) is 6.00. The Hall–Kier alpha value is -2.60. The van der Waals surface area contributed by atoms with Gasteiger partial charge in [-0.25, -0.2) is 8.42 Å². The van der Waals surface area contributed by atoms with E-state index in [1.807, 2.05) is 6.07 Å². The number of nitrogens with one attached hydrogen (secondary N) is 1. The first-order chi connectivity index (χ1) is 15.2. The molecule has 0 atom stereocenters. The molecule has 3 aromatic rings. The Bertz CT molecular complexity index is 1290. The lowest BCUT2D eigenvalue weighted by Gasteiger charge is -2.22. The molecule has 0 aliphatic rings. The van der Waals surface area contributed by atoms with E-state index >= 15 is 0 Å². The van der Waals surface area contributed by atoms with Crippen LogP contribution >= 0.6 is 34.8 Å². The average molecular weight is 509 g/mol.